The van der Waals surface area contributed by atoms with E-state index in [4.69, 9.17) is 5.84 Å². The summed E-state index contributed by atoms with van der Waals surface area (Å²) >= 11 is 0. The van der Waals surface area contributed by atoms with E-state index in [1.165, 1.54) is 4.68 Å². The standard InChI is InChI=1S/C4H8N3.ClH/c1-6-2-3-7(5)4-6;/h2-4H,5H2,1H3;1H/q+1;/p-1. The lowest BCUT2D eigenvalue weighted by Gasteiger charge is -1.73. The second-order valence-corrected chi connectivity index (χ2v) is 1.53. The fraction of sp³-hybridized carbons (Fsp3) is 0.250. The zero-order valence-corrected chi connectivity index (χ0v) is 5.34. The number of halogens is 1. The molecule has 0 aliphatic heterocycles. The smallest absolute Gasteiger partial charge is 0.266 e. The zero-order chi connectivity index (χ0) is 5.28. The quantitative estimate of drug-likeness (QED) is 0.285. The first kappa shape index (κ1) is 7.30. The molecule has 0 spiro atoms. The van der Waals surface area contributed by atoms with Crippen LogP contribution in [-0.4, -0.2) is 4.68 Å². The van der Waals surface area contributed by atoms with Crippen molar-refractivity contribution in [2.45, 2.75) is 0 Å². The van der Waals surface area contributed by atoms with Crippen molar-refractivity contribution in [3.8, 4) is 0 Å². The van der Waals surface area contributed by atoms with Crippen LogP contribution in [0.15, 0.2) is 18.7 Å². The minimum atomic E-state index is 0. The van der Waals surface area contributed by atoms with E-state index >= 15 is 0 Å². The Morgan fingerprint density at radius 3 is 2.38 bits per heavy atom. The molecule has 1 rings (SSSR count). The third kappa shape index (κ3) is 1.42. The molecule has 0 aromatic carbocycles. The fourth-order valence-corrected chi connectivity index (χ4v) is 0.469. The van der Waals surface area contributed by atoms with Crippen molar-refractivity contribution in [3.63, 3.8) is 0 Å². The number of imidazole rings is 1. The molecule has 0 fully saturated rings. The van der Waals surface area contributed by atoms with Gasteiger partial charge in [-0.25, -0.2) is 4.57 Å². The Morgan fingerprint density at radius 1 is 1.62 bits per heavy atom. The molecule has 1 aromatic rings. The summed E-state index contributed by atoms with van der Waals surface area (Å²) in [6, 6.07) is 0. The highest BCUT2D eigenvalue weighted by Gasteiger charge is 1.88. The highest BCUT2D eigenvalue weighted by atomic mass is 35.5. The average Bonchev–Trinajstić information content (AvgIpc) is 1.87. The van der Waals surface area contributed by atoms with E-state index in [-0.39, 0.29) is 12.4 Å². The van der Waals surface area contributed by atoms with Gasteiger partial charge in [0.25, 0.3) is 6.33 Å². The predicted molar refractivity (Wildman–Crippen MR) is 25.8 cm³/mol. The van der Waals surface area contributed by atoms with E-state index in [1.54, 1.807) is 12.5 Å². The van der Waals surface area contributed by atoms with Crippen molar-refractivity contribution in [3.05, 3.63) is 18.7 Å². The highest BCUT2D eigenvalue weighted by molar-refractivity contribution is 4.62. The summed E-state index contributed by atoms with van der Waals surface area (Å²) in [7, 11) is 1.92. The first-order chi connectivity index (χ1) is 3.29. The molecule has 0 saturated heterocycles. The maximum Gasteiger partial charge on any atom is 0.266 e. The average molecular weight is 134 g/mol. The SMILES string of the molecule is C[n+]1ccn(N)c1.[Cl-]. The third-order valence-electron chi connectivity index (χ3n) is 0.789. The van der Waals surface area contributed by atoms with Crippen molar-refractivity contribution in [1.82, 2.24) is 4.68 Å². The van der Waals surface area contributed by atoms with E-state index in [0.717, 1.165) is 0 Å². The highest BCUT2D eigenvalue weighted by Crippen LogP contribution is 1.66. The van der Waals surface area contributed by atoms with Gasteiger partial charge in [-0.3, -0.25) is 5.84 Å². The van der Waals surface area contributed by atoms with Gasteiger partial charge in [0.2, 0.25) is 0 Å². The first-order valence-corrected chi connectivity index (χ1v) is 2.07. The number of nitrogen functional groups attached to an aromatic ring is 1. The van der Waals surface area contributed by atoms with Crippen LogP contribution in [0.2, 0.25) is 0 Å². The maximum atomic E-state index is 5.27. The predicted octanol–water partition coefficient (Wildman–Crippen LogP) is -3.97. The minimum absolute atomic E-state index is 0. The molecule has 0 aliphatic carbocycles. The summed E-state index contributed by atoms with van der Waals surface area (Å²) < 4.78 is 3.38. The van der Waals surface area contributed by atoms with Crippen LogP contribution in [0.4, 0.5) is 0 Å². The van der Waals surface area contributed by atoms with Crippen LogP contribution < -0.4 is 22.8 Å². The number of aromatic nitrogens is 2. The van der Waals surface area contributed by atoms with Gasteiger partial charge in [0.1, 0.15) is 6.20 Å². The molecule has 0 atom stereocenters. The second-order valence-electron chi connectivity index (χ2n) is 1.53. The van der Waals surface area contributed by atoms with E-state index < -0.39 is 0 Å². The van der Waals surface area contributed by atoms with Crippen molar-refractivity contribution < 1.29 is 17.0 Å². The number of nitrogens with two attached hydrogens (primary N) is 1. The topological polar surface area (TPSA) is 34.8 Å². The van der Waals surface area contributed by atoms with Gasteiger partial charge in [-0.1, -0.05) is 0 Å². The van der Waals surface area contributed by atoms with Gasteiger partial charge in [-0.15, -0.1) is 4.68 Å². The van der Waals surface area contributed by atoms with Crippen molar-refractivity contribution in [2.75, 3.05) is 5.84 Å². The van der Waals surface area contributed by atoms with Gasteiger partial charge in [-0.2, -0.15) is 0 Å². The molecule has 46 valence electrons. The summed E-state index contributed by atoms with van der Waals surface area (Å²) in [5.74, 6) is 5.27. The molecular weight excluding hydrogens is 126 g/mol. The molecule has 0 bridgehead atoms. The minimum Gasteiger partial charge on any atom is -1.00 e. The Hall–Kier alpha value is -0.700. The van der Waals surface area contributed by atoms with Crippen LogP contribution in [0.5, 0.6) is 0 Å². The van der Waals surface area contributed by atoms with Crippen LogP contribution in [0.25, 0.3) is 0 Å². The lowest BCUT2D eigenvalue weighted by Crippen LogP contribution is -3.00. The normalized spacial score (nSPS) is 8.12. The third-order valence-corrected chi connectivity index (χ3v) is 0.789. The number of rotatable bonds is 0. The van der Waals surface area contributed by atoms with Gasteiger partial charge in [0, 0.05) is 0 Å². The van der Waals surface area contributed by atoms with Crippen LogP contribution in [0.3, 0.4) is 0 Å². The summed E-state index contributed by atoms with van der Waals surface area (Å²) in [5, 5.41) is 0. The molecule has 8 heavy (non-hydrogen) atoms. The van der Waals surface area contributed by atoms with Crippen LogP contribution in [0, 0.1) is 0 Å². The zero-order valence-electron chi connectivity index (χ0n) is 4.58. The lowest BCUT2D eigenvalue weighted by molar-refractivity contribution is -0.670. The Balaban J connectivity index is 0.000000490. The van der Waals surface area contributed by atoms with Gasteiger partial charge < -0.3 is 12.4 Å². The molecule has 0 unspecified atom stereocenters. The first-order valence-electron chi connectivity index (χ1n) is 2.07. The van der Waals surface area contributed by atoms with Crippen LogP contribution in [0.1, 0.15) is 0 Å². The number of hydrogen-bond donors (Lipinski definition) is 1. The van der Waals surface area contributed by atoms with E-state index in [2.05, 4.69) is 0 Å². The van der Waals surface area contributed by atoms with Gasteiger partial charge in [0.05, 0.1) is 7.05 Å². The Bertz CT molecular complexity index is 144. The number of nitrogens with zero attached hydrogens (tertiary/aromatic N) is 2. The number of aryl methyl sites for hydroxylation is 1. The summed E-state index contributed by atoms with van der Waals surface area (Å²) in [5.41, 5.74) is 0. The Kier molecular flexibility index (Phi) is 2.34. The molecule has 0 saturated carbocycles. The van der Waals surface area contributed by atoms with Crippen LogP contribution in [-0.2, 0) is 7.05 Å². The molecule has 1 aromatic heterocycles. The molecule has 0 aliphatic rings. The number of hydrogen-bond acceptors (Lipinski definition) is 1. The van der Waals surface area contributed by atoms with Gasteiger partial charge in [0.15, 0.2) is 6.20 Å². The largest absolute Gasteiger partial charge is 1.00 e. The van der Waals surface area contributed by atoms with Gasteiger partial charge in [-0.05, 0) is 0 Å². The van der Waals surface area contributed by atoms with Crippen molar-refractivity contribution in [2.24, 2.45) is 7.05 Å². The summed E-state index contributed by atoms with van der Waals surface area (Å²) in [4.78, 5) is 0. The van der Waals surface area contributed by atoms with Crippen molar-refractivity contribution >= 4 is 0 Å². The summed E-state index contributed by atoms with van der Waals surface area (Å²) in [6.45, 7) is 0. The molecular formula is C4H8ClN3. The fourth-order valence-electron chi connectivity index (χ4n) is 0.469. The van der Waals surface area contributed by atoms with E-state index in [9.17, 15) is 0 Å². The molecule has 0 amide bonds. The maximum absolute atomic E-state index is 5.27. The lowest BCUT2D eigenvalue weighted by atomic mass is 10.9. The monoisotopic (exact) mass is 133 g/mol. The molecule has 3 nitrogen and oxygen atoms in total. The molecule has 2 N–H and O–H groups in total. The molecule has 1 heterocycles. The van der Waals surface area contributed by atoms with Gasteiger partial charge >= 0.3 is 0 Å². The molecule has 4 heteroatoms. The van der Waals surface area contributed by atoms with Crippen LogP contribution >= 0.6 is 0 Å². The van der Waals surface area contributed by atoms with E-state index in [1.807, 2.05) is 17.8 Å². The summed E-state index contributed by atoms with van der Waals surface area (Å²) in [6.07, 6.45) is 5.43. The Morgan fingerprint density at radius 2 is 2.25 bits per heavy atom. The van der Waals surface area contributed by atoms with E-state index in [0.29, 0.717) is 0 Å². The molecule has 0 radical (unpaired) electrons. The Labute approximate surface area is 54.1 Å². The van der Waals surface area contributed by atoms with Crippen molar-refractivity contribution in [1.29, 1.82) is 0 Å². The second kappa shape index (κ2) is 2.57.